The van der Waals surface area contributed by atoms with Gasteiger partial charge in [-0.25, -0.2) is 9.59 Å². The Morgan fingerprint density at radius 1 is 0.811 bits per heavy atom. The third kappa shape index (κ3) is 12.2. The van der Waals surface area contributed by atoms with Crippen molar-refractivity contribution in [2.75, 3.05) is 7.11 Å². The molecule has 0 aliphatic rings. The van der Waals surface area contributed by atoms with E-state index in [0.717, 1.165) is 0 Å². The lowest BCUT2D eigenvalue weighted by Crippen LogP contribution is -2.68. The van der Waals surface area contributed by atoms with Crippen molar-refractivity contribution in [3.63, 3.8) is 0 Å². The molecule has 0 saturated heterocycles. The zero-order valence-corrected chi connectivity index (χ0v) is 23.9. The van der Waals surface area contributed by atoms with Gasteiger partial charge >= 0.3 is 11.9 Å². The number of amides is 3. The van der Waals surface area contributed by atoms with E-state index < -0.39 is 59.3 Å². The van der Waals surface area contributed by atoms with E-state index in [1.165, 1.54) is 21.0 Å². The zero-order valence-electron chi connectivity index (χ0n) is 23.9. The van der Waals surface area contributed by atoms with Gasteiger partial charge in [-0.15, -0.1) is 0 Å². The molecule has 0 radical (unpaired) electrons. The predicted octanol–water partition coefficient (Wildman–Crippen LogP) is 1.81. The van der Waals surface area contributed by atoms with Crippen molar-refractivity contribution in [2.45, 2.75) is 111 Å². The van der Waals surface area contributed by atoms with E-state index >= 15 is 0 Å². The molecule has 0 heterocycles. The molecule has 0 aliphatic heterocycles. The molecular weight excluding hydrogens is 482 g/mol. The fourth-order valence-corrected chi connectivity index (χ4v) is 3.56. The number of carbonyl (C=O) groups is 6. The zero-order chi connectivity index (χ0) is 29.1. The Morgan fingerprint density at radius 2 is 1.32 bits per heavy atom. The second-order valence-electron chi connectivity index (χ2n) is 11.2. The van der Waals surface area contributed by atoms with Crippen LogP contribution in [0.1, 0.15) is 88.0 Å². The van der Waals surface area contributed by atoms with Gasteiger partial charge in [-0.05, 0) is 58.8 Å². The van der Waals surface area contributed by atoms with Crippen LogP contribution in [0.5, 0.6) is 0 Å². The van der Waals surface area contributed by atoms with E-state index in [9.17, 15) is 28.8 Å². The maximum Gasteiger partial charge on any atom is 0.342 e. The maximum atomic E-state index is 13.8. The van der Waals surface area contributed by atoms with Crippen LogP contribution in [0, 0.1) is 11.8 Å². The molecule has 0 aromatic heterocycles. The Hall–Kier alpha value is -2.98. The topological polar surface area (TPSA) is 157 Å². The van der Waals surface area contributed by atoms with Crippen LogP contribution in [-0.2, 0) is 38.2 Å². The van der Waals surface area contributed by atoms with E-state index in [1.54, 1.807) is 20.8 Å². The highest BCUT2D eigenvalue weighted by atomic mass is 16.6. The van der Waals surface area contributed by atoms with E-state index in [0.29, 0.717) is 0 Å². The average molecular weight is 528 g/mol. The van der Waals surface area contributed by atoms with Crippen LogP contribution >= 0.6 is 0 Å². The number of hydrogen-bond acceptors (Lipinski definition) is 8. The van der Waals surface area contributed by atoms with Crippen molar-refractivity contribution in [3.8, 4) is 0 Å². The molecule has 0 spiro atoms. The first-order chi connectivity index (χ1) is 16.8. The molecule has 0 bridgehead atoms. The molecule has 0 rings (SSSR count). The van der Waals surface area contributed by atoms with E-state index in [2.05, 4.69) is 16.0 Å². The lowest BCUT2D eigenvalue weighted by molar-refractivity contribution is -0.169. The SMILES string of the molecule is COC(=O)[C@H](CC(C)C)NC(=O)C(CCC(C)=O)(NC(=O)[C@H](CC(C)C)NC(C)=O)C(=O)OC(C)(C)C. The van der Waals surface area contributed by atoms with Gasteiger partial charge in [-0.3, -0.25) is 14.4 Å². The van der Waals surface area contributed by atoms with Crippen molar-refractivity contribution in [3.05, 3.63) is 0 Å². The minimum absolute atomic E-state index is 0.0145. The molecule has 0 aromatic rings. The number of carbonyl (C=O) groups excluding carboxylic acids is 6. The number of ketones is 1. The highest BCUT2D eigenvalue weighted by molar-refractivity contribution is 6.11. The highest BCUT2D eigenvalue weighted by Crippen LogP contribution is 2.23. The van der Waals surface area contributed by atoms with Crippen LogP contribution in [0.25, 0.3) is 0 Å². The Balaban J connectivity index is 6.72. The normalized spacial score (nSPS) is 14.7. The van der Waals surface area contributed by atoms with Gasteiger partial charge in [0.05, 0.1) is 7.11 Å². The summed E-state index contributed by atoms with van der Waals surface area (Å²) in [5, 5.41) is 7.56. The molecular formula is C26H45N3O8. The molecule has 212 valence electrons. The molecule has 0 saturated carbocycles. The third-order valence-electron chi connectivity index (χ3n) is 5.22. The summed E-state index contributed by atoms with van der Waals surface area (Å²) in [5.41, 5.74) is -3.40. The van der Waals surface area contributed by atoms with Crippen LogP contribution in [0.3, 0.4) is 0 Å². The van der Waals surface area contributed by atoms with Crippen LogP contribution in [0.2, 0.25) is 0 Å². The first kappa shape index (κ1) is 34.0. The average Bonchev–Trinajstić information content (AvgIpc) is 2.72. The molecule has 3 amide bonds. The summed E-state index contributed by atoms with van der Waals surface area (Å²) < 4.78 is 10.3. The van der Waals surface area contributed by atoms with Crippen LogP contribution < -0.4 is 16.0 Å². The van der Waals surface area contributed by atoms with Crippen molar-refractivity contribution in [1.82, 2.24) is 16.0 Å². The maximum absolute atomic E-state index is 13.8. The molecule has 3 atom stereocenters. The summed E-state index contributed by atoms with van der Waals surface area (Å²) in [6.45, 7) is 14.7. The number of esters is 2. The number of rotatable bonds is 14. The van der Waals surface area contributed by atoms with Crippen LogP contribution in [0.4, 0.5) is 0 Å². The van der Waals surface area contributed by atoms with Crippen LogP contribution in [-0.4, -0.2) is 65.8 Å². The molecule has 0 fully saturated rings. The summed E-state index contributed by atoms with van der Waals surface area (Å²) >= 11 is 0. The Bertz CT molecular complexity index is 847. The van der Waals surface area contributed by atoms with Gasteiger partial charge in [-0.2, -0.15) is 0 Å². The number of methoxy groups -OCH3 is 1. The van der Waals surface area contributed by atoms with Gasteiger partial charge in [0.2, 0.25) is 17.4 Å². The Labute approximate surface area is 220 Å². The second kappa shape index (κ2) is 14.7. The van der Waals surface area contributed by atoms with Crippen molar-refractivity contribution >= 4 is 35.4 Å². The molecule has 11 nitrogen and oxygen atoms in total. The number of hydrogen-bond donors (Lipinski definition) is 3. The van der Waals surface area contributed by atoms with Crippen LogP contribution in [0.15, 0.2) is 0 Å². The molecule has 3 N–H and O–H groups in total. The van der Waals surface area contributed by atoms with E-state index in [1.807, 2.05) is 27.7 Å². The van der Waals surface area contributed by atoms with Crippen molar-refractivity contribution < 1.29 is 38.2 Å². The number of ether oxygens (including phenoxy) is 2. The first-order valence-electron chi connectivity index (χ1n) is 12.5. The van der Waals surface area contributed by atoms with Gasteiger partial charge in [0.1, 0.15) is 23.5 Å². The van der Waals surface area contributed by atoms with Gasteiger partial charge < -0.3 is 30.2 Å². The second-order valence-corrected chi connectivity index (χ2v) is 11.2. The number of nitrogens with one attached hydrogen (secondary N) is 3. The standard InChI is InChI=1S/C26H45N3O8/c1-15(2)13-19(27-18(6)31)21(32)29-26(12-11-17(5)30,24(35)37-25(7,8)9)23(34)28-20(14-16(3)4)22(33)36-10/h15-16,19-20H,11-14H2,1-10H3,(H,27,31)(H,28,34)(H,29,32)/t19-,20-,26?/m0/s1. The van der Waals surface area contributed by atoms with E-state index in [-0.39, 0.29) is 36.9 Å². The monoisotopic (exact) mass is 527 g/mol. The lowest BCUT2D eigenvalue weighted by atomic mass is 9.88. The summed E-state index contributed by atoms with van der Waals surface area (Å²) in [7, 11) is 1.17. The molecule has 37 heavy (non-hydrogen) atoms. The van der Waals surface area contributed by atoms with Gasteiger partial charge in [0, 0.05) is 13.3 Å². The molecule has 1 unspecified atom stereocenters. The molecule has 0 aromatic carbocycles. The Kier molecular flexibility index (Phi) is 13.5. The fraction of sp³-hybridized carbons (Fsp3) is 0.769. The third-order valence-corrected chi connectivity index (χ3v) is 5.22. The fourth-order valence-electron chi connectivity index (χ4n) is 3.56. The lowest BCUT2D eigenvalue weighted by Gasteiger charge is -2.36. The highest BCUT2D eigenvalue weighted by Gasteiger charge is 2.51. The summed E-state index contributed by atoms with van der Waals surface area (Å²) in [5.74, 6) is -4.48. The minimum Gasteiger partial charge on any atom is -0.467 e. The Morgan fingerprint density at radius 3 is 1.73 bits per heavy atom. The quantitative estimate of drug-likeness (QED) is 0.228. The van der Waals surface area contributed by atoms with Crippen molar-refractivity contribution in [2.24, 2.45) is 11.8 Å². The largest absolute Gasteiger partial charge is 0.467 e. The summed E-state index contributed by atoms with van der Waals surface area (Å²) in [6, 6.07) is -2.17. The van der Waals surface area contributed by atoms with Gasteiger partial charge in [-0.1, -0.05) is 27.7 Å². The molecule has 0 aliphatic carbocycles. The number of Topliss-reactive ketones (excluding diaryl/α,β-unsaturated/α-hetero) is 1. The minimum atomic E-state index is -2.35. The predicted molar refractivity (Wildman–Crippen MR) is 137 cm³/mol. The van der Waals surface area contributed by atoms with Crippen molar-refractivity contribution in [1.29, 1.82) is 0 Å². The summed E-state index contributed by atoms with van der Waals surface area (Å²) in [4.78, 5) is 76.9. The summed E-state index contributed by atoms with van der Waals surface area (Å²) in [6.07, 6.45) is -0.235. The van der Waals surface area contributed by atoms with Gasteiger partial charge in [0.25, 0.3) is 5.91 Å². The first-order valence-corrected chi connectivity index (χ1v) is 12.5. The molecule has 11 heteroatoms. The smallest absolute Gasteiger partial charge is 0.342 e. The van der Waals surface area contributed by atoms with Gasteiger partial charge in [0.15, 0.2) is 0 Å². The van der Waals surface area contributed by atoms with E-state index in [4.69, 9.17) is 9.47 Å².